The third kappa shape index (κ3) is 5.39. The van der Waals surface area contributed by atoms with E-state index in [9.17, 15) is 5.11 Å². The molecule has 0 radical (unpaired) electrons. The van der Waals surface area contributed by atoms with Crippen LogP contribution in [0.15, 0.2) is 91.0 Å². The summed E-state index contributed by atoms with van der Waals surface area (Å²) in [6.07, 6.45) is 0.795. The zero-order valence-corrected chi connectivity index (χ0v) is 24.8. The van der Waals surface area contributed by atoms with Gasteiger partial charge in [-0.1, -0.05) is 0 Å². The average Bonchev–Trinajstić information content (AvgIpc) is 2.84. The number of aromatic hydroxyl groups is 1. The van der Waals surface area contributed by atoms with Crippen LogP contribution in [0.2, 0.25) is 0 Å². The number of hydrogen-bond acceptors (Lipinski definition) is 1. The Hall–Kier alpha value is -2.89. The van der Waals surface area contributed by atoms with Crippen molar-refractivity contribution < 1.29 is 5.11 Å². The number of phenolic OH excluding ortho intramolecular Hbond substituents is 1. The summed E-state index contributed by atoms with van der Waals surface area (Å²) in [5.74, 6) is 0.450. The van der Waals surface area contributed by atoms with Gasteiger partial charge in [0.15, 0.2) is 0 Å². The molecule has 4 aromatic rings. The molecule has 0 aliphatic heterocycles. The Morgan fingerprint density at radius 1 is 0.595 bits per heavy atom. The van der Waals surface area contributed by atoms with E-state index in [1.807, 2.05) is 0 Å². The first-order chi connectivity index (χ1) is 17.3. The van der Waals surface area contributed by atoms with Gasteiger partial charge in [0, 0.05) is 0 Å². The summed E-state index contributed by atoms with van der Waals surface area (Å²) in [6, 6.07) is 33.5. The van der Waals surface area contributed by atoms with Crippen LogP contribution in [0.25, 0.3) is 0 Å². The van der Waals surface area contributed by atoms with E-state index < -0.39 is 7.26 Å². The zero-order chi connectivity index (χ0) is 27.0. The van der Waals surface area contributed by atoms with Crippen LogP contribution in [-0.2, 0) is 17.0 Å². The second-order valence-electron chi connectivity index (χ2n) is 12.7. The summed E-state index contributed by atoms with van der Waals surface area (Å²) < 4.78 is 0. The fourth-order valence-corrected chi connectivity index (χ4v) is 10.9. The fourth-order valence-electron chi connectivity index (χ4n) is 5.72. The van der Waals surface area contributed by atoms with Crippen molar-refractivity contribution in [3.63, 3.8) is 0 Å². The normalized spacial score (nSPS) is 13.0. The van der Waals surface area contributed by atoms with Crippen molar-refractivity contribution >= 4 is 23.2 Å². The second kappa shape index (κ2) is 10.1. The van der Waals surface area contributed by atoms with Gasteiger partial charge >= 0.3 is 225 Å². The molecule has 4 rings (SSSR count). The molecule has 1 N–H and O–H groups in total. The van der Waals surface area contributed by atoms with E-state index in [1.165, 1.54) is 32.6 Å². The molecular formula is C35H43OP. The van der Waals surface area contributed by atoms with Gasteiger partial charge in [0.25, 0.3) is 0 Å². The van der Waals surface area contributed by atoms with E-state index in [-0.39, 0.29) is 10.8 Å². The van der Waals surface area contributed by atoms with Crippen molar-refractivity contribution in [2.45, 2.75) is 72.4 Å². The fraction of sp³-hybridized carbons (Fsp3) is 0.314. The predicted octanol–water partition coefficient (Wildman–Crippen LogP) is 7.83. The Morgan fingerprint density at radius 3 is 1.57 bits per heavy atom. The number of rotatable bonds is 5. The first-order valence-corrected chi connectivity index (χ1v) is 15.6. The first-order valence-electron chi connectivity index (χ1n) is 13.4. The molecule has 0 unspecified atom stereocenters. The summed E-state index contributed by atoms with van der Waals surface area (Å²) in [5.41, 5.74) is 5.78. The van der Waals surface area contributed by atoms with Crippen LogP contribution in [0.3, 0.4) is 0 Å². The molecule has 0 atom stereocenters. The van der Waals surface area contributed by atoms with Gasteiger partial charge in [0.05, 0.1) is 0 Å². The predicted molar refractivity (Wildman–Crippen MR) is 165 cm³/mol. The molecule has 2 heteroatoms. The molecule has 0 aliphatic carbocycles. The van der Waals surface area contributed by atoms with E-state index >= 15 is 0 Å². The van der Waals surface area contributed by atoms with Gasteiger partial charge in [0.2, 0.25) is 0 Å². The first kappa shape index (κ1) is 27.2. The minimum atomic E-state index is -2.64. The Bertz CT molecular complexity index is 1330. The van der Waals surface area contributed by atoms with Crippen LogP contribution in [0.1, 0.15) is 69.4 Å². The van der Waals surface area contributed by atoms with E-state index in [2.05, 4.69) is 146 Å². The molecule has 0 saturated carbocycles. The van der Waals surface area contributed by atoms with Crippen LogP contribution in [0.5, 0.6) is 5.75 Å². The standard InChI is InChI=1S/C35H43OP/c1-25-19-20-32(30(22-25)34(3,4)5)37(28-15-11-9-12-16-28,29-17-13-10-14-18-29)24-27-21-26(2)23-31(33(27)36)35(6,7)8/h9-23,36-37H,24H2,1-8H3. The van der Waals surface area contributed by atoms with Crippen LogP contribution in [-0.4, -0.2) is 5.11 Å². The molecule has 0 bridgehead atoms. The summed E-state index contributed by atoms with van der Waals surface area (Å²) in [6.45, 7) is 17.9. The number of aryl methyl sites for hydroxylation is 2. The van der Waals surface area contributed by atoms with Gasteiger partial charge in [-0.05, 0) is 0 Å². The monoisotopic (exact) mass is 510 g/mol. The van der Waals surface area contributed by atoms with Crippen LogP contribution in [0.4, 0.5) is 0 Å². The van der Waals surface area contributed by atoms with Gasteiger partial charge in [0.1, 0.15) is 0 Å². The van der Waals surface area contributed by atoms with Crippen molar-refractivity contribution in [2.24, 2.45) is 0 Å². The van der Waals surface area contributed by atoms with Gasteiger partial charge in [-0.3, -0.25) is 0 Å². The van der Waals surface area contributed by atoms with Crippen molar-refractivity contribution in [1.29, 1.82) is 0 Å². The van der Waals surface area contributed by atoms with Crippen LogP contribution < -0.4 is 15.9 Å². The quantitative estimate of drug-likeness (QED) is 0.271. The molecule has 0 fully saturated rings. The second-order valence-corrected chi connectivity index (χ2v) is 16.5. The van der Waals surface area contributed by atoms with Gasteiger partial charge in [-0.2, -0.15) is 0 Å². The van der Waals surface area contributed by atoms with Gasteiger partial charge < -0.3 is 0 Å². The SMILES string of the molecule is Cc1ccc([PH](Cc2cc(C)cc(C(C)(C)C)c2O)(c2ccccc2)c2ccccc2)c(C(C)(C)C)c1. The molecule has 0 saturated heterocycles. The molecule has 0 amide bonds. The van der Waals surface area contributed by atoms with Crippen molar-refractivity contribution in [3.8, 4) is 5.75 Å². The molecule has 37 heavy (non-hydrogen) atoms. The molecule has 0 spiro atoms. The van der Waals surface area contributed by atoms with Crippen molar-refractivity contribution in [1.82, 2.24) is 0 Å². The Labute approximate surface area is 224 Å². The molecular weight excluding hydrogens is 467 g/mol. The zero-order valence-electron chi connectivity index (χ0n) is 23.8. The van der Waals surface area contributed by atoms with Crippen molar-refractivity contribution in [2.75, 3.05) is 0 Å². The molecule has 0 aliphatic rings. The van der Waals surface area contributed by atoms with Crippen LogP contribution >= 0.6 is 7.26 Å². The topological polar surface area (TPSA) is 20.2 Å². The molecule has 194 valence electrons. The maximum absolute atomic E-state index is 11.7. The number of phenols is 1. The Kier molecular flexibility index (Phi) is 7.42. The third-order valence-electron chi connectivity index (χ3n) is 7.57. The molecule has 4 aromatic carbocycles. The molecule has 0 aromatic heterocycles. The van der Waals surface area contributed by atoms with E-state index in [0.717, 1.165) is 17.3 Å². The van der Waals surface area contributed by atoms with Crippen LogP contribution in [0, 0.1) is 13.8 Å². The average molecular weight is 511 g/mol. The number of benzene rings is 4. The third-order valence-corrected chi connectivity index (χ3v) is 12.5. The summed E-state index contributed by atoms with van der Waals surface area (Å²) in [5, 5.41) is 15.9. The van der Waals surface area contributed by atoms with Crippen molar-refractivity contribution in [3.05, 3.63) is 119 Å². The van der Waals surface area contributed by atoms with E-state index in [4.69, 9.17) is 0 Å². The van der Waals surface area contributed by atoms with E-state index in [1.54, 1.807) is 0 Å². The van der Waals surface area contributed by atoms with E-state index in [0.29, 0.717) is 5.75 Å². The van der Waals surface area contributed by atoms with Gasteiger partial charge in [-0.25, -0.2) is 0 Å². The summed E-state index contributed by atoms with van der Waals surface area (Å²) in [7, 11) is -2.64. The summed E-state index contributed by atoms with van der Waals surface area (Å²) >= 11 is 0. The number of hydrogen-bond donors (Lipinski definition) is 1. The summed E-state index contributed by atoms with van der Waals surface area (Å²) in [4.78, 5) is 0. The molecule has 0 heterocycles. The maximum atomic E-state index is 11.7. The Balaban J connectivity index is 2.15. The molecule has 1 nitrogen and oxygen atoms in total. The minimum absolute atomic E-state index is 0.0195. The Morgan fingerprint density at radius 2 is 1.08 bits per heavy atom. The van der Waals surface area contributed by atoms with Gasteiger partial charge in [-0.15, -0.1) is 0 Å².